The maximum absolute atomic E-state index is 12.9. The number of benzene rings is 1. The second-order valence-electron chi connectivity index (χ2n) is 3.36. The smallest absolute Gasteiger partial charge is 0.127 e. The predicted molar refractivity (Wildman–Crippen MR) is 67.3 cm³/mol. The van der Waals surface area contributed by atoms with Gasteiger partial charge in [-0.2, -0.15) is 11.8 Å². The minimum Gasteiger partial charge on any atom is -0.508 e. The summed E-state index contributed by atoms with van der Waals surface area (Å²) in [5.41, 5.74) is 0.756. The van der Waals surface area contributed by atoms with Gasteiger partial charge in [-0.1, -0.05) is 6.08 Å². The molecular weight excluding hydrogens is 225 g/mol. The molecule has 0 atom stereocenters. The van der Waals surface area contributed by atoms with E-state index in [-0.39, 0.29) is 5.75 Å². The molecule has 0 unspecified atom stereocenters. The van der Waals surface area contributed by atoms with Crippen molar-refractivity contribution in [2.24, 2.45) is 0 Å². The van der Waals surface area contributed by atoms with Gasteiger partial charge in [0, 0.05) is 30.7 Å². The highest BCUT2D eigenvalue weighted by Crippen LogP contribution is 2.14. The molecule has 0 aliphatic rings. The Morgan fingerprint density at radius 2 is 2.25 bits per heavy atom. The molecule has 0 aliphatic carbocycles. The summed E-state index contributed by atoms with van der Waals surface area (Å²) in [4.78, 5) is 0. The summed E-state index contributed by atoms with van der Waals surface area (Å²) in [6, 6.07) is 4.08. The van der Waals surface area contributed by atoms with E-state index in [0.717, 1.165) is 29.7 Å². The van der Waals surface area contributed by atoms with Gasteiger partial charge in [-0.3, -0.25) is 0 Å². The quantitative estimate of drug-likeness (QED) is 0.568. The topological polar surface area (TPSA) is 32.3 Å². The van der Waals surface area contributed by atoms with Crippen molar-refractivity contribution < 1.29 is 9.50 Å². The van der Waals surface area contributed by atoms with Gasteiger partial charge in [0.05, 0.1) is 0 Å². The zero-order valence-electron chi connectivity index (χ0n) is 9.08. The monoisotopic (exact) mass is 241 g/mol. The summed E-state index contributed by atoms with van der Waals surface area (Å²) < 4.78 is 12.9. The second kappa shape index (κ2) is 7.30. The molecule has 0 saturated carbocycles. The first kappa shape index (κ1) is 13.1. The van der Waals surface area contributed by atoms with Crippen molar-refractivity contribution in [3.63, 3.8) is 0 Å². The first-order valence-electron chi connectivity index (χ1n) is 5.10. The van der Waals surface area contributed by atoms with Crippen molar-refractivity contribution in [1.29, 1.82) is 0 Å². The number of thioether (sulfide) groups is 1. The van der Waals surface area contributed by atoms with Crippen LogP contribution >= 0.6 is 11.8 Å². The standard InChI is InChI=1S/C12H16FNOS/c1-2-4-16-5-3-14-9-10-6-11(13)8-12(15)7-10/h2,6-8,14-15H,1,3-5,9H2. The molecule has 0 aromatic heterocycles. The molecule has 16 heavy (non-hydrogen) atoms. The molecule has 0 amide bonds. The molecule has 1 aromatic carbocycles. The Balaban J connectivity index is 2.23. The summed E-state index contributed by atoms with van der Waals surface area (Å²) in [5, 5.41) is 12.4. The van der Waals surface area contributed by atoms with Gasteiger partial charge in [0.2, 0.25) is 0 Å². The maximum atomic E-state index is 12.9. The minimum atomic E-state index is -0.405. The third-order valence-electron chi connectivity index (χ3n) is 1.93. The van der Waals surface area contributed by atoms with Gasteiger partial charge >= 0.3 is 0 Å². The number of rotatable bonds is 7. The highest BCUT2D eigenvalue weighted by atomic mass is 32.2. The number of nitrogens with one attached hydrogen (secondary N) is 1. The summed E-state index contributed by atoms with van der Waals surface area (Å²) in [7, 11) is 0. The van der Waals surface area contributed by atoms with Crippen LogP contribution in [-0.2, 0) is 6.54 Å². The number of aromatic hydroxyl groups is 1. The zero-order chi connectivity index (χ0) is 11.8. The fraction of sp³-hybridized carbons (Fsp3) is 0.333. The van der Waals surface area contributed by atoms with Crippen LogP contribution in [0.15, 0.2) is 30.9 Å². The van der Waals surface area contributed by atoms with E-state index in [1.54, 1.807) is 17.8 Å². The van der Waals surface area contributed by atoms with Gasteiger partial charge in [0.15, 0.2) is 0 Å². The SMILES string of the molecule is C=CCSCCNCc1cc(O)cc(F)c1. The maximum Gasteiger partial charge on any atom is 0.127 e. The van der Waals surface area contributed by atoms with Gasteiger partial charge in [-0.15, -0.1) is 6.58 Å². The predicted octanol–water partition coefficient (Wildman–Crippen LogP) is 2.54. The number of halogens is 1. The molecule has 0 bridgehead atoms. The van der Waals surface area contributed by atoms with Crippen molar-refractivity contribution >= 4 is 11.8 Å². The summed E-state index contributed by atoms with van der Waals surface area (Å²) >= 11 is 1.79. The molecule has 1 rings (SSSR count). The Morgan fingerprint density at radius 3 is 2.94 bits per heavy atom. The zero-order valence-corrected chi connectivity index (χ0v) is 9.89. The van der Waals surface area contributed by atoms with Crippen molar-refractivity contribution in [3.8, 4) is 5.75 Å². The Bertz CT molecular complexity index is 324. The Hall–Kier alpha value is -1.00. The van der Waals surface area contributed by atoms with E-state index >= 15 is 0 Å². The lowest BCUT2D eigenvalue weighted by molar-refractivity contribution is 0.467. The molecule has 0 heterocycles. The number of phenolic OH excluding ortho intramolecular Hbond substituents is 1. The van der Waals surface area contributed by atoms with Crippen LogP contribution < -0.4 is 5.32 Å². The number of hydrogen-bond donors (Lipinski definition) is 2. The van der Waals surface area contributed by atoms with Gasteiger partial charge in [-0.05, 0) is 17.7 Å². The summed E-state index contributed by atoms with van der Waals surface area (Å²) in [6.07, 6.45) is 1.87. The number of hydrogen-bond acceptors (Lipinski definition) is 3. The fourth-order valence-electron chi connectivity index (χ4n) is 1.28. The van der Waals surface area contributed by atoms with Crippen LogP contribution in [0.25, 0.3) is 0 Å². The van der Waals surface area contributed by atoms with E-state index < -0.39 is 5.82 Å². The van der Waals surface area contributed by atoms with Crippen LogP contribution in [0.3, 0.4) is 0 Å². The van der Waals surface area contributed by atoms with Crippen LogP contribution in [0.4, 0.5) is 4.39 Å². The van der Waals surface area contributed by atoms with Crippen LogP contribution in [0, 0.1) is 5.82 Å². The van der Waals surface area contributed by atoms with E-state index in [2.05, 4.69) is 11.9 Å². The van der Waals surface area contributed by atoms with Crippen molar-refractivity contribution in [2.45, 2.75) is 6.54 Å². The highest BCUT2D eigenvalue weighted by Gasteiger charge is 1.99. The molecule has 0 saturated heterocycles. The molecule has 0 fully saturated rings. The Morgan fingerprint density at radius 1 is 1.44 bits per heavy atom. The second-order valence-corrected chi connectivity index (χ2v) is 4.51. The van der Waals surface area contributed by atoms with Gasteiger partial charge in [-0.25, -0.2) is 4.39 Å². The third kappa shape index (κ3) is 5.19. The van der Waals surface area contributed by atoms with E-state index in [0.29, 0.717) is 6.54 Å². The molecule has 2 N–H and O–H groups in total. The minimum absolute atomic E-state index is 0.0298. The van der Waals surface area contributed by atoms with Gasteiger partial charge in [0.1, 0.15) is 11.6 Å². The third-order valence-corrected chi connectivity index (χ3v) is 2.89. The van der Waals surface area contributed by atoms with Gasteiger partial charge < -0.3 is 10.4 Å². The van der Waals surface area contributed by atoms with Crippen molar-refractivity contribution in [3.05, 3.63) is 42.2 Å². The van der Waals surface area contributed by atoms with Crippen molar-refractivity contribution in [1.82, 2.24) is 5.32 Å². The molecule has 0 spiro atoms. The first-order chi connectivity index (χ1) is 7.72. The van der Waals surface area contributed by atoms with E-state index in [1.807, 2.05) is 6.08 Å². The van der Waals surface area contributed by atoms with Crippen LogP contribution in [0.5, 0.6) is 5.75 Å². The molecule has 0 aliphatic heterocycles. The average molecular weight is 241 g/mol. The van der Waals surface area contributed by atoms with Crippen LogP contribution in [-0.4, -0.2) is 23.2 Å². The molecule has 1 aromatic rings. The van der Waals surface area contributed by atoms with Gasteiger partial charge in [0.25, 0.3) is 0 Å². The lowest BCUT2D eigenvalue weighted by atomic mass is 10.2. The molecule has 4 heteroatoms. The lowest BCUT2D eigenvalue weighted by Crippen LogP contribution is -2.16. The first-order valence-corrected chi connectivity index (χ1v) is 6.25. The lowest BCUT2D eigenvalue weighted by Gasteiger charge is -2.05. The van der Waals surface area contributed by atoms with E-state index in [9.17, 15) is 9.50 Å². The molecule has 0 radical (unpaired) electrons. The molecule has 2 nitrogen and oxygen atoms in total. The highest BCUT2D eigenvalue weighted by molar-refractivity contribution is 7.99. The van der Waals surface area contributed by atoms with Crippen LogP contribution in [0.1, 0.15) is 5.56 Å². The largest absolute Gasteiger partial charge is 0.508 e. The fourth-order valence-corrected chi connectivity index (χ4v) is 1.90. The molecular formula is C12H16FNOS. The van der Waals surface area contributed by atoms with E-state index in [4.69, 9.17) is 0 Å². The Labute approximate surface area is 99.6 Å². The van der Waals surface area contributed by atoms with E-state index in [1.165, 1.54) is 6.07 Å². The average Bonchev–Trinajstić information content (AvgIpc) is 2.22. The number of phenols is 1. The van der Waals surface area contributed by atoms with Crippen molar-refractivity contribution in [2.75, 3.05) is 18.1 Å². The Kier molecular flexibility index (Phi) is 5.96. The normalized spacial score (nSPS) is 10.3. The summed E-state index contributed by atoms with van der Waals surface area (Å²) in [6.45, 7) is 5.06. The van der Waals surface area contributed by atoms with Crippen LogP contribution in [0.2, 0.25) is 0 Å². The molecule has 88 valence electrons. The summed E-state index contributed by atoms with van der Waals surface area (Å²) in [5.74, 6) is 1.51.